The summed E-state index contributed by atoms with van der Waals surface area (Å²) in [6.45, 7) is 5.23. The molecule has 1 rings (SSSR count). The second-order valence-corrected chi connectivity index (χ2v) is 4.51. The van der Waals surface area contributed by atoms with Crippen LogP contribution in [0.25, 0.3) is 0 Å². The maximum Gasteiger partial charge on any atom is 0.321 e. The number of hydrogen-bond donors (Lipinski definition) is 0. The van der Waals surface area contributed by atoms with E-state index in [0.29, 0.717) is 24.2 Å². The molecule has 4 nitrogen and oxygen atoms in total. The van der Waals surface area contributed by atoms with Crippen molar-refractivity contribution in [2.24, 2.45) is 0 Å². The maximum absolute atomic E-state index is 6.06. The van der Waals surface area contributed by atoms with Gasteiger partial charge in [-0.3, -0.25) is 0 Å². The van der Waals surface area contributed by atoms with Crippen molar-refractivity contribution in [3.05, 3.63) is 5.15 Å². The van der Waals surface area contributed by atoms with Crippen molar-refractivity contribution in [3.63, 3.8) is 0 Å². The van der Waals surface area contributed by atoms with Crippen molar-refractivity contribution in [2.45, 2.75) is 31.6 Å². The molecule has 6 heteroatoms. The maximum atomic E-state index is 6.06. The average Bonchev–Trinajstić information content (AvgIpc) is 2.33. The molecule has 1 heterocycles. The van der Waals surface area contributed by atoms with Gasteiger partial charge >= 0.3 is 6.01 Å². The van der Waals surface area contributed by atoms with E-state index in [1.54, 1.807) is 0 Å². The van der Waals surface area contributed by atoms with Crippen LogP contribution in [0, 0.1) is 0 Å². The Balaban J connectivity index is 2.92. The van der Waals surface area contributed by atoms with E-state index in [1.165, 1.54) is 11.8 Å². The number of nitrogens with zero attached hydrogens (tertiary/aromatic N) is 2. The summed E-state index contributed by atoms with van der Waals surface area (Å²) < 4.78 is 10.9. The zero-order valence-corrected chi connectivity index (χ0v) is 11.9. The molecule has 0 saturated heterocycles. The summed E-state index contributed by atoms with van der Waals surface area (Å²) in [7, 11) is 0. The molecular formula is C11H17ClN2O2S. The fourth-order valence-electron chi connectivity index (χ4n) is 1.11. The molecule has 0 saturated carbocycles. The van der Waals surface area contributed by atoms with Gasteiger partial charge in [0.05, 0.1) is 13.2 Å². The molecule has 0 bridgehead atoms. The van der Waals surface area contributed by atoms with E-state index in [0.717, 1.165) is 17.7 Å². The normalized spacial score (nSPS) is 10.4. The lowest BCUT2D eigenvalue weighted by molar-refractivity contribution is 0.265. The number of thioether (sulfide) groups is 1. The Morgan fingerprint density at radius 3 is 2.35 bits per heavy atom. The number of hydrogen-bond acceptors (Lipinski definition) is 5. The minimum absolute atomic E-state index is 0.278. The Bertz CT molecular complexity index is 364. The summed E-state index contributed by atoms with van der Waals surface area (Å²) in [4.78, 5) is 9.05. The van der Waals surface area contributed by atoms with Crippen LogP contribution in [-0.2, 0) is 0 Å². The second kappa shape index (κ2) is 7.61. The summed E-state index contributed by atoms with van der Waals surface area (Å²) in [6, 6.07) is 0.278. The highest BCUT2D eigenvalue weighted by Gasteiger charge is 2.14. The van der Waals surface area contributed by atoms with Crippen LogP contribution in [0.3, 0.4) is 0 Å². The van der Waals surface area contributed by atoms with Gasteiger partial charge in [-0.2, -0.15) is 9.97 Å². The molecule has 0 aliphatic carbocycles. The molecule has 0 amide bonds. The predicted molar refractivity (Wildman–Crippen MR) is 70.4 cm³/mol. The first-order valence-electron chi connectivity index (χ1n) is 5.60. The Morgan fingerprint density at radius 1 is 1.12 bits per heavy atom. The van der Waals surface area contributed by atoms with Crippen molar-refractivity contribution in [1.29, 1.82) is 0 Å². The topological polar surface area (TPSA) is 44.2 Å². The van der Waals surface area contributed by atoms with Crippen molar-refractivity contribution < 1.29 is 9.47 Å². The predicted octanol–water partition coefficient (Wildman–Crippen LogP) is 3.43. The zero-order valence-electron chi connectivity index (χ0n) is 10.3. The average molecular weight is 277 g/mol. The second-order valence-electron chi connectivity index (χ2n) is 3.33. The van der Waals surface area contributed by atoms with Gasteiger partial charge in [-0.15, -0.1) is 11.8 Å². The van der Waals surface area contributed by atoms with Gasteiger partial charge in [0.1, 0.15) is 4.90 Å². The molecule has 17 heavy (non-hydrogen) atoms. The molecule has 0 aliphatic rings. The first kappa shape index (κ1) is 14.4. The van der Waals surface area contributed by atoms with Crippen LogP contribution in [0.4, 0.5) is 0 Å². The van der Waals surface area contributed by atoms with E-state index in [4.69, 9.17) is 21.1 Å². The van der Waals surface area contributed by atoms with Gasteiger partial charge in [0.25, 0.3) is 0 Å². The molecule has 0 atom stereocenters. The van der Waals surface area contributed by atoms with Crippen molar-refractivity contribution in [1.82, 2.24) is 9.97 Å². The molecule has 0 N–H and O–H groups in total. The molecule has 96 valence electrons. The van der Waals surface area contributed by atoms with Crippen molar-refractivity contribution in [3.8, 4) is 11.9 Å². The van der Waals surface area contributed by atoms with Crippen LogP contribution in [0.2, 0.25) is 5.15 Å². The Kier molecular flexibility index (Phi) is 6.44. The summed E-state index contributed by atoms with van der Waals surface area (Å²) in [5, 5.41) is 0.379. The lowest BCUT2D eigenvalue weighted by atomic mass is 10.5. The Morgan fingerprint density at radius 2 is 1.76 bits per heavy atom. The summed E-state index contributed by atoms with van der Waals surface area (Å²) >= 11 is 7.53. The summed E-state index contributed by atoms with van der Waals surface area (Å²) in [5.74, 6) is 0.505. The van der Waals surface area contributed by atoms with Crippen LogP contribution in [0.15, 0.2) is 4.90 Å². The number of ether oxygens (including phenoxy) is 2. The zero-order chi connectivity index (χ0) is 12.7. The van der Waals surface area contributed by atoms with E-state index < -0.39 is 0 Å². The van der Waals surface area contributed by atoms with Crippen LogP contribution in [-0.4, -0.2) is 29.4 Å². The Hall–Kier alpha value is -0.680. The fraction of sp³-hybridized carbons (Fsp3) is 0.636. The lowest BCUT2D eigenvalue weighted by Crippen LogP contribution is -2.05. The van der Waals surface area contributed by atoms with E-state index in [1.807, 2.05) is 20.1 Å². The molecule has 0 fully saturated rings. The van der Waals surface area contributed by atoms with Gasteiger partial charge in [0.15, 0.2) is 5.15 Å². The van der Waals surface area contributed by atoms with Gasteiger partial charge < -0.3 is 9.47 Å². The van der Waals surface area contributed by atoms with Gasteiger partial charge in [-0.1, -0.05) is 25.4 Å². The highest BCUT2D eigenvalue weighted by molar-refractivity contribution is 7.98. The number of aromatic nitrogens is 2. The van der Waals surface area contributed by atoms with E-state index >= 15 is 0 Å². The molecule has 0 aliphatic heterocycles. The molecule has 1 aromatic heterocycles. The van der Waals surface area contributed by atoms with Crippen LogP contribution >= 0.6 is 23.4 Å². The van der Waals surface area contributed by atoms with Gasteiger partial charge in [0.2, 0.25) is 5.88 Å². The van der Waals surface area contributed by atoms with Crippen molar-refractivity contribution in [2.75, 3.05) is 19.5 Å². The lowest BCUT2D eigenvalue weighted by Gasteiger charge is -2.11. The molecular weight excluding hydrogens is 260 g/mol. The SMILES string of the molecule is CCCOc1nc(Cl)c(SC)c(OCCC)n1. The molecule has 0 unspecified atom stereocenters. The largest absolute Gasteiger partial charge is 0.477 e. The molecule has 0 spiro atoms. The van der Waals surface area contributed by atoms with Crippen LogP contribution < -0.4 is 9.47 Å². The highest BCUT2D eigenvalue weighted by Crippen LogP contribution is 2.33. The summed E-state index contributed by atoms with van der Waals surface area (Å²) in [5.41, 5.74) is 0. The highest BCUT2D eigenvalue weighted by atomic mass is 35.5. The first-order valence-corrected chi connectivity index (χ1v) is 7.20. The molecule has 1 aromatic rings. The monoisotopic (exact) mass is 276 g/mol. The van der Waals surface area contributed by atoms with Gasteiger partial charge in [-0.25, -0.2) is 0 Å². The Labute approximate surface area is 111 Å². The standard InChI is InChI=1S/C11H17ClN2O2S/c1-4-6-15-10-8(17-3)9(12)13-11(14-10)16-7-5-2/h4-7H2,1-3H3. The quantitative estimate of drug-likeness (QED) is 0.564. The molecule has 0 radical (unpaired) electrons. The summed E-state index contributed by atoms with van der Waals surface area (Å²) in [6.07, 6.45) is 3.73. The van der Waals surface area contributed by atoms with Crippen LogP contribution in [0.5, 0.6) is 11.9 Å². The van der Waals surface area contributed by atoms with Crippen molar-refractivity contribution >= 4 is 23.4 Å². The van der Waals surface area contributed by atoms with Crippen LogP contribution in [0.1, 0.15) is 26.7 Å². The van der Waals surface area contributed by atoms with E-state index in [-0.39, 0.29) is 6.01 Å². The third-order valence-electron chi connectivity index (χ3n) is 1.85. The minimum atomic E-state index is 0.278. The third-order valence-corrected chi connectivity index (χ3v) is 3.02. The van der Waals surface area contributed by atoms with Gasteiger partial charge in [-0.05, 0) is 19.1 Å². The van der Waals surface area contributed by atoms with E-state index in [9.17, 15) is 0 Å². The van der Waals surface area contributed by atoms with Gasteiger partial charge in [0, 0.05) is 0 Å². The number of halogens is 1. The first-order chi connectivity index (χ1) is 8.22. The third kappa shape index (κ3) is 4.24. The smallest absolute Gasteiger partial charge is 0.321 e. The number of rotatable bonds is 7. The minimum Gasteiger partial charge on any atom is -0.477 e. The fourth-order valence-corrected chi connectivity index (χ4v) is 1.99. The molecule has 0 aromatic carbocycles. The van der Waals surface area contributed by atoms with E-state index in [2.05, 4.69) is 9.97 Å².